The van der Waals surface area contributed by atoms with E-state index in [0.717, 1.165) is 18.1 Å². The first-order valence-corrected chi connectivity index (χ1v) is 5.88. The molecule has 3 heteroatoms. The van der Waals surface area contributed by atoms with Crippen LogP contribution in [0.5, 0.6) is 0 Å². The monoisotopic (exact) mass is 229 g/mol. The van der Waals surface area contributed by atoms with Crippen molar-refractivity contribution in [3.05, 3.63) is 41.3 Å². The van der Waals surface area contributed by atoms with E-state index >= 15 is 0 Å². The molecule has 0 aliphatic rings. The van der Waals surface area contributed by atoms with E-state index < -0.39 is 0 Å². The zero-order valence-electron chi connectivity index (χ0n) is 10.9. The number of benzene rings is 1. The first kappa shape index (κ1) is 11.9. The summed E-state index contributed by atoms with van der Waals surface area (Å²) in [5, 5.41) is 3.18. The predicted molar refractivity (Wildman–Crippen MR) is 70.9 cm³/mol. The minimum Gasteiger partial charge on any atom is -0.331 e. The molecule has 0 unspecified atom stereocenters. The summed E-state index contributed by atoms with van der Waals surface area (Å²) < 4.78 is 2.16. The lowest BCUT2D eigenvalue weighted by Crippen LogP contribution is -2.07. The van der Waals surface area contributed by atoms with E-state index in [2.05, 4.69) is 53.1 Å². The van der Waals surface area contributed by atoms with Crippen LogP contribution in [0.3, 0.4) is 0 Å². The molecule has 1 aromatic heterocycles. The van der Waals surface area contributed by atoms with Gasteiger partial charge >= 0.3 is 0 Å². The Labute approximate surface area is 103 Å². The maximum absolute atomic E-state index is 4.62. The van der Waals surface area contributed by atoms with Crippen molar-refractivity contribution >= 4 is 0 Å². The third-order valence-electron chi connectivity index (χ3n) is 3.14. The van der Waals surface area contributed by atoms with Gasteiger partial charge < -0.3 is 9.88 Å². The van der Waals surface area contributed by atoms with Gasteiger partial charge in [-0.3, -0.25) is 0 Å². The van der Waals surface area contributed by atoms with Gasteiger partial charge in [0.05, 0.1) is 11.4 Å². The largest absolute Gasteiger partial charge is 0.331 e. The van der Waals surface area contributed by atoms with Crippen molar-refractivity contribution in [1.29, 1.82) is 0 Å². The molecule has 3 nitrogen and oxygen atoms in total. The molecule has 0 amide bonds. The fourth-order valence-corrected chi connectivity index (χ4v) is 2.14. The van der Waals surface area contributed by atoms with Crippen molar-refractivity contribution in [3.63, 3.8) is 0 Å². The predicted octanol–water partition coefficient (Wildman–Crippen LogP) is 2.42. The third kappa shape index (κ3) is 2.11. The summed E-state index contributed by atoms with van der Waals surface area (Å²) in [6, 6.07) is 8.44. The number of nitrogens with zero attached hydrogens (tertiary/aromatic N) is 2. The lowest BCUT2D eigenvalue weighted by Gasteiger charge is -2.09. The molecule has 0 bridgehead atoms. The molecule has 0 spiro atoms. The van der Waals surface area contributed by atoms with Gasteiger partial charge in [0, 0.05) is 19.2 Å². The van der Waals surface area contributed by atoms with Crippen molar-refractivity contribution in [3.8, 4) is 11.3 Å². The minimum atomic E-state index is 0.797. The Bertz CT molecular complexity index is 526. The average molecular weight is 229 g/mol. The van der Waals surface area contributed by atoms with Gasteiger partial charge in [-0.15, -0.1) is 0 Å². The Morgan fingerprint density at radius 2 is 1.94 bits per heavy atom. The van der Waals surface area contributed by atoms with Crippen LogP contribution < -0.4 is 5.32 Å². The standard InChI is InChI=1S/C14H19N3/c1-10-7-5-6-8-12(10)14-13(9-15-3)16-11(2)17(14)4/h5-8,15H,9H2,1-4H3. The van der Waals surface area contributed by atoms with E-state index in [4.69, 9.17) is 0 Å². The third-order valence-corrected chi connectivity index (χ3v) is 3.14. The second kappa shape index (κ2) is 4.72. The van der Waals surface area contributed by atoms with Crippen LogP contribution in [0, 0.1) is 13.8 Å². The molecule has 0 fully saturated rings. The topological polar surface area (TPSA) is 29.9 Å². The van der Waals surface area contributed by atoms with Crippen LogP contribution in [0.1, 0.15) is 17.1 Å². The molecular formula is C14H19N3. The molecule has 1 aromatic carbocycles. The molecule has 0 aliphatic carbocycles. The Kier molecular flexibility index (Phi) is 3.29. The molecular weight excluding hydrogens is 210 g/mol. The molecule has 0 aliphatic heterocycles. The summed E-state index contributed by atoms with van der Waals surface area (Å²) >= 11 is 0. The summed E-state index contributed by atoms with van der Waals surface area (Å²) in [4.78, 5) is 4.62. The van der Waals surface area contributed by atoms with E-state index in [9.17, 15) is 0 Å². The lowest BCUT2D eigenvalue weighted by molar-refractivity contribution is 0.796. The van der Waals surface area contributed by atoms with Gasteiger partial charge in [0.1, 0.15) is 5.82 Å². The molecule has 0 saturated heterocycles. The van der Waals surface area contributed by atoms with Gasteiger partial charge in [0.15, 0.2) is 0 Å². The Balaban J connectivity index is 2.61. The number of nitrogens with one attached hydrogen (secondary N) is 1. The summed E-state index contributed by atoms with van der Waals surface area (Å²) in [5.74, 6) is 1.05. The summed E-state index contributed by atoms with van der Waals surface area (Å²) in [5.41, 5.74) is 4.88. The fraction of sp³-hybridized carbons (Fsp3) is 0.357. The molecule has 1 N–H and O–H groups in total. The maximum Gasteiger partial charge on any atom is 0.106 e. The molecule has 0 atom stereocenters. The molecule has 2 aromatic rings. The second-order valence-electron chi connectivity index (χ2n) is 4.36. The van der Waals surface area contributed by atoms with E-state index in [1.165, 1.54) is 16.8 Å². The van der Waals surface area contributed by atoms with Crippen molar-refractivity contribution < 1.29 is 0 Å². The van der Waals surface area contributed by atoms with Crippen LogP contribution in [-0.2, 0) is 13.6 Å². The highest BCUT2D eigenvalue weighted by atomic mass is 15.1. The van der Waals surface area contributed by atoms with Crippen molar-refractivity contribution in [1.82, 2.24) is 14.9 Å². The lowest BCUT2D eigenvalue weighted by atomic mass is 10.0. The Hall–Kier alpha value is -1.61. The van der Waals surface area contributed by atoms with Crippen LogP contribution in [0.4, 0.5) is 0 Å². The van der Waals surface area contributed by atoms with Gasteiger partial charge in [0.2, 0.25) is 0 Å². The minimum absolute atomic E-state index is 0.797. The molecule has 1 heterocycles. The highest BCUT2D eigenvalue weighted by Gasteiger charge is 2.14. The molecule has 2 rings (SSSR count). The fourth-order valence-electron chi connectivity index (χ4n) is 2.14. The van der Waals surface area contributed by atoms with E-state index in [1.807, 2.05) is 14.0 Å². The summed E-state index contributed by atoms with van der Waals surface area (Å²) in [6.45, 7) is 4.98. The maximum atomic E-state index is 4.62. The zero-order valence-corrected chi connectivity index (χ0v) is 10.9. The van der Waals surface area contributed by atoms with Crippen LogP contribution in [0.2, 0.25) is 0 Å². The smallest absolute Gasteiger partial charge is 0.106 e. The van der Waals surface area contributed by atoms with Gasteiger partial charge in [-0.1, -0.05) is 24.3 Å². The number of rotatable bonds is 3. The van der Waals surface area contributed by atoms with Gasteiger partial charge in [-0.2, -0.15) is 0 Å². The number of hydrogen-bond donors (Lipinski definition) is 1. The Morgan fingerprint density at radius 1 is 1.24 bits per heavy atom. The summed E-state index contributed by atoms with van der Waals surface area (Å²) in [7, 11) is 4.02. The van der Waals surface area contributed by atoms with Crippen molar-refractivity contribution in [2.24, 2.45) is 7.05 Å². The number of hydrogen-bond acceptors (Lipinski definition) is 2. The normalized spacial score (nSPS) is 10.8. The van der Waals surface area contributed by atoms with Crippen LogP contribution >= 0.6 is 0 Å². The molecule has 90 valence electrons. The van der Waals surface area contributed by atoms with Crippen LogP contribution in [0.25, 0.3) is 11.3 Å². The highest BCUT2D eigenvalue weighted by molar-refractivity contribution is 5.66. The quantitative estimate of drug-likeness (QED) is 0.876. The van der Waals surface area contributed by atoms with Crippen LogP contribution in [-0.4, -0.2) is 16.6 Å². The van der Waals surface area contributed by atoms with Crippen molar-refractivity contribution in [2.75, 3.05) is 7.05 Å². The van der Waals surface area contributed by atoms with E-state index in [0.29, 0.717) is 0 Å². The first-order chi connectivity index (χ1) is 8.15. The van der Waals surface area contributed by atoms with Gasteiger partial charge in [-0.05, 0) is 26.5 Å². The van der Waals surface area contributed by atoms with Crippen LogP contribution in [0.15, 0.2) is 24.3 Å². The molecule has 0 saturated carbocycles. The van der Waals surface area contributed by atoms with E-state index in [-0.39, 0.29) is 0 Å². The Morgan fingerprint density at radius 3 is 2.59 bits per heavy atom. The average Bonchev–Trinajstić information content (AvgIpc) is 2.57. The molecule has 0 radical (unpaired) electrons. The SMILES string of the molecule is CNCc1nc(C)n(C)c1-c1ccccc1C. The number of aromatic nitrogens is 2. The van der Waals surface area contributed by atoms with E-state index in [1.54, 1.807) is 0 Å². The first-order valence-electron chi connectivity index (χ1n) is 5.88. The zero-order chi connectivity index (χ0) is 12.4. The number of aryl methyl sites for hydroxylation is 2. The van der Waals surface area contributed by atoms with Crippen molar-refractivity contribution in [2.45, 2.75) is 20.4 Å². The summed E-state index contributed by atoms with van der Waals surface area (Å²) in [6.07, 6.45) is 0. The van der Waals surface area contributed by atoms with Gasteiger partial charge in [-0.25, -0.2) is 4.98 Å². The second-order valence-corrected chi connectivity index (χ2v) is 4.36. The number of imidazole rings is 1. The molecule has 17 heavy (non-hydrogen) atoms. The highest BCUT2D eigenvalue weighted by Crippen LogP contribution is 2.27. The van der Waals surface area contributed by atoms with Gasteiger partial charge in [0.25, 0.3) is 0 Å².